The molecule has 0 fully saturated rings. The maximum Gasteiger partial charge on any atom is 0.325 e. The Kier molecular flexibility index (Phi) is 6.54. The van der Waals surface area contributed by atoms with Gasteiger partial charge in [-0.15, -0.1) is 0 Å². The number of carbonyl (C=O) groups excluding carboxylic acids is 2. The van der Waals surface area contributed by atoms with Crippen molar-refractivity contribution in [2.45, 2.75) is 26.8 Å². The van der Waals surface area contributed by atoms with Gasteiger partial charge in [0.05, 0.1) is 6.61 Å². The molecule has 0 saturated heterocycles. The molecule has 5 aromatic rings. The SMILES string of the molecule is CCOC(=O)Cn1c(C)c(Cc2ccc(NC(=O)c3ccc4ccccc4c3)cc2)c2ccccc21. The summed E-state index contributed by atoms with van der Waals surface area (Å²) >= 11 is 0. The number of carbonyl (C=O) groups is 2. The van der Waals surface area contributed by atoms with Crippen LogP contribution in [0, 0.1) is 6.92 Å². The van der Waals surface area contributed by atoms with E-state index >= 15 is 0 Å². The molecule has 5 heteroatoms. The summed E-state index contributed by atoms with van der Waals surface area (Å²) in [6.07, 6.45) is 0.723. The van der Waals surface area contributed by atoms with Crippen molar-refractivity contribution in [3.05, 3.63) is 113 Å². The van der Waals surface area contributed by atoms with Gasteiger partial charge in [-0.3, -0.25) is 9.59 Å². The van der Waals surface area contributed by atoms with E-state index in [9.17, 15) is 9.59 Å². The average Bonchev–Trinajstić information content (AvgIpc) is 3.15. The lowest BCUT2D eigenvalue weighted by molar-refractivity contribution is -0.143. The molecule has 1 heterocycles. The van der Waals surface area contributed by atoms with Gasteiger partial charge in [0, 0.05) is 27.8 Å². The van der Waals surface area contributed by atoms with Gasteiger partial charge < -0.3 is 14.6 Å². The monoisotopic (exact) mass is 476 g/mol. The van der Waals surface area contributed by atoms with Crippen LogP contribution in [0.15, 0.2) is 91.0 Å². The van der Waals surface area contributed by atoms with E-state index in [-0.39, 0.29) is 18.4 Å². The molecular formula is C31H28N2O3. The second-order valence-corrected chi connectivity index (χ2v) is 8.86. The van der Waals surface area contributed by atoms with Crippen LogP contribution in [0.2, 0.25) is 0 Å². The van der Waals surface area contributed by atoms with E-state index in [0.29, 0.717) is 12.2 Å². The maximum atomic E-state index is 12.8. The number of para-hydroxylation sites is 1. The van der Waals surface area contributed by atoms with E-state index in [1.807, 2.05) is 103 Å². The summed E-state index contributed by atoms with van der Waals surface area (Å²) in [6, 6.07) is 29.8. The van der Waals surface area contributed by atoms with Gasteiger partial charge in [0.2, 0.25) is 0 Å². The molecule has 0 aliphatic heterocycles. The summed E-state index contributed by atoms with van der Waals surface area (Å²) < 4.78 is 7.21. The number of anilines is 1. The van der Waals surface area contributed by atoms with Crippen molar-refractivity contribution in [1.29, 1.82) is 0 Å². The fraction of sp³-hybridized carbons (Fsp3) is 0.161. The van der Waals surface area contributed by atoms with Crippen molar-refractivity contribution >= 4 is 39.2 Å². The van der Waals surface area contributed by atoms with Gasteiger partial charge in [-0.1, -0.05) is 60.7 Å². The van der Waals surface area contributed by atoms with Gasteiger partial charge >= 0.3 is 5.97 Å². The second kappa shape index (κ2) is 10.1. The molecule has 1 amide bonds. The first-order valence-electron chi connectivity index (χ1n) is 12.1. The molecule has 0 aliphatic carbocycles. The molecule has 0 unspecified atom stereocenters. The standard InChI is InChI=1S/C31H28N2O3/c1-3-36-30(34)20-33-21(2)28(27-10-6-7-11-29(27)33)18-22-12-16-26(17-13-22)32-31(35)25-15-14-23-8-4-5-9-24(23)19-25/h4-17,19H,3,18,20H2,1-2H3,(H,32,35). The first-order chi connectivity index (χ1) is 17.5. The van der Waals surface area contributed by atoms with E-state index in [0.717, 1.165) is 45.0 Å². The molecular weight excluding hydrogens is 448 g/mol. The molecule has 180 valence electrons. The highest BCUT2D eigenvalue weighted by Crippen LogP contribution is 2.28. The summed E-state index contributed by atoms with van der Waals surface area (Å²) in [5.74, 6) is -0.370. The maximum absolute atomic E-state index is 12.8. The number of ether oxygens (including phenoxy) is 1. The summed E-state index contributed by atoms with van der Waals surface area (Å²) in [4.78, 5) is 25.0. The van der Waals surface area contributed by atoms with Crippen LogP contribution in [0.25, 0.3) is 21.7 Å². The molecule has 5 nitrogen and oxygen atoms in total. The zero-order chi connectivity index (χ0) is 25.1. The summed E-state index contributed by atoms with van der Waals surface area (Å²) in [6.45, 7) is 4.43. The Bertz CT molecular complexity index is 1560. The van der Waals surface area contributed by atoms with Crippen molar-refractivity contribution in [3.63, 3.8) is 0 Å². The second-order valence-electron chi connectivity index (χ2n) is 8.86. The Morgan fingerprint density at radius 1 is 0.861 bits per heavy atom. The Morgan fingerprint density at radius 2 is 1.58 bits per heavy atom. The zero-order valence-corrected chi connectivity index (χ0v) is 20.5. The third kappa shape index (κ3) is 4.73. The molecule has 1 N–H and O–H groups in total. The fourth-order valence-corrected chi connectivity index (χ4v) is 4.71. The third-order valence-electron chi connectivity index (χ3n) is 6.56. The first kappa shape index (κ1) is 23.4. The lowest BCUT2D eigenvalue weighted by Crippen LogP contribution is -2.14. The number of amides is 1. The number of rotatable bonds is 7. The largest absolute Gasteiger partial charge is 0.465 e. The fourth-order valence-electron chi connectivity index (χ4n) is 4.71. The summed E-state index contributed by atoms with van der Waals surface area (Å²) in [5.41, 5.74) is 5.76. The number of aromatic nitrogens is 1. The summed E-state index contributed by atoms with van der Waals surface area (Å²) in [5, 5.41) is 6.28. The number of fused-ring (bicyclic) bond motifs is 2. The van der Waals surface area contributed by atoms with E-state index in [1.165, 1.54) is 5.56 Å². The highest BCUT2D eigenvalue weighted by atomic mass is 16.5. The molecule has 0 atom stereocenters. The molecule has 0 saturated carbocycles. The summed E-state index contributed by atoms with van der Waals surface area (Å²) in [7, 11) is 0. The normalized spacial score (nSPS) is 11.1. The lowest BCUT2D eigenvalue weighted by Gasteiger charge is -2.09. The van der Waals surface area contributed by atoms with Crippen LogP contribution in [0.5, 0.6) is 0 Å². The van der Waals surface area contributed by atoms with Gasteiger partial charge in [-0.2, -0.15) is 0 Å². The molecule has 1 aromatic heterocycles. The highest BCUT2D eigenvalue weighted by Gasteiger charge is 2.17. The van der Waals surface area contributed by atoms with Crippen LogP contribution in [0.1, 0.15) is 34.1 Å². The van der Waals surface area contributed by atoms with Crippen LogP contribution in [0.4, 0.5) is 5.69 Å². The molecule has 0 aliphatic rings. The van der Waals surface area contributed by atoms with Crippen LogP contribution in [-0.4, -0.2) is 23.1 Å². The molecule has 0 spiro atoms. The Balaban J connectivity index is 1.34. The Morgan fingerprint density at radius 3 is 2.36 bits per heavy atom. The minimum Gasteiger partial charge on any atom is -0.465 e. The Labute approximate surface area is 210 Å². The molecule has 0 bridgehead atoms. The van der Waals surface area contributed by atoms with Crippen molar-refractivity contribution in [2.75, 3.05) is 11.9 Å². The van der Waals surface area contributed by atoms with E-state index in [4.69, 9.17) is 4.74 Å². The number of hydrogen-bond acceptors (Lipinski definition) is 3. The number of nitrogens with one attached hydrogen (secondary N) is 1. The van der Waals surface area contributed by atoms with Crippen molar-refractivity contribution < 1.29 is 14.3 Å². The minimum atomic E-state index is -0.237. The smallest absolute Gasteiger partial charge is 0.325 e. The van der Waals surface area contributed by atoms with Gasteiger partial charge in [-0.05, 0) is 72.5 Å². The average molecular weight is 477 g/mol. The number of hydrogen-bond donors (Lipinski definition) is 1. The van der Waals surface area contributed by atoms with Gasteiger partial charge in [0.15, 0.2) is 0 Å². The predicted octanol–water partition coefficient (Wildman–Crippen LogP) is 6.51. The minimum absolute atomic E-state index is 0.133. The van der Waals surface area contributed by atoms with E-state index in [2.05, 4.69) is 11.4 Å². The van der Waals surface area contributed by atoms with E-state index in [1.54, 1.807) is 0 Å². The van der Waals surface area contributed by atoms with Gasteiger partial charge in [0.1, 0.15) is 6.54 Å². The van der Waals surface area contributed by atoms with Gasteiger partial charge in [-0.25, -0.2) is 0 Å². The van der Waals surface area contributed by atoms with Gasteiger partial charge in [0.25, 0.3) is 5.91 Å². The number of nitrogens with zero attached hydrogens (tertiary/aromatic N) is 1. The number of benzene rings is 4. The van der Waals surface area contributed by atoms with Crippen molar-refractivity contribution in [2.24, 2.45) is 0 Å². The molecule has 4 aromatic carbocycles. The first-order valence-corrected chi connectivity index (χ1v) is 12.1. The number of esters is 1. The molecule has 0 radical (unpaired) electrons. The van der Waals surface area contributed by atoms with E-state index < -0.39 is 0 Å². The van der Waals surface area contributed by atoms with Crippen LogP contribution >= 0.6 is 0 Å². The molecule has 5 rings (SSSR count). The third-order valence-corrected chi connectivity index (χ3v) is 6.56. The van der Waals surface area contributed by atoms with Crippen LogP contribution in [0.3, 0.4) is 0 Å². The lowest BCUT2D eigenvalue weighted by atomic mass is 10.0. The zero-order valence-electron chi connectivity index (χ0n) is 20.5. The Hall–Kier alpha value is -4.38. The van der Waals surface area contributed by atoms with Crippen LogP contribution < -0.4 is 5.32 Å². The predicted molar refractivity (Wildman–Crippen MR) is 144 cm³/mol. The van der Waals surface area contributed by atoms with Crippen LogP contribution in [-0.2, 0) is 22.5 Å². The topological polar surface area (TPSA) is 60.3 Å². The van der Waals surface area contributed by atoms with Crippen molar-refractivity contribution in [1.82, 2.24) is 4.57 Å². The molecule has 36 heavy (non-hydrogen) atoms. The van der Waals surface area contributed by atoms with Crippen molar-refractivity contribution in [3.8, 4) is 0 Å². The quantitative estimate of drug-likeness (QED) is 0.273. The highest BCUT2D eigenvalue weighted by molar-refractivity contribution is 6.06.